The summed E-state index contributed by atoms with van der Waals surface area (Å²) in [6, 6.07) is 18.6. The van der Waals surface area contributed by atoms with Gasteiger partial charge in [-0.2, -0.15) is 0 Å². The van der Waals surface area contributed by atoms with Gasteiger partial charge in [-0.1, -0.05) is 30.3 Å². The fourth-order valence-electron chi connectivity index (χ4n) is 5.92. The average molecular weight is 379 g/mol. The first-order valence-corrected chi connectivity index (χ1v) is 10.5. The molecule has 4 aliphatic heterocycles. The number of methoxy groups -OCH3 is 2. The summed E-state index contributed by atoms with van der Waals surface area (Å²) in [6.45, 7) is 4.62. The largest absolute Gasteiger partial charge is 0.497 e. The van der Waals surface area contributed by atoms with Crippen LogP contribution in [0.2, 0.25) is 0 Å². The van der Waals surface area contributed by atoms with Crippen LogP contribution in [-0.2, 0) is 6.54 Å². The maximum Gasteiger partial charge on any atom is 0.123 e. The van der Waals surface area contributed by atoms with E-state index in [1.54, 1.807) is 14.2 Å². The van der Waals surface area contributed by atoms with E-state index in [1.165, 1.54) is 37.1 Å². The van der Waals surface area contributed by atoms with E-state index < -0.39 is 0 Å². The average Bonchev–Trinajstić information content (AvgIpc) is 3.16. The molecular weight excluding hydrogens is 348 g/mol. The summed E-state index contributed by atoms with van der Waals surface area (Å²) in [4.78, 5) is 5.51. The number of benzene rings is 2. The van der Waals surface area contributed by atoms with Gasteiger partial charge in [0.15, 0.2) is 0 Å². The minimum atomic E-state index is 0.564. The molecule has 28 heavy (non-hydrogen) atoms. The lowest BCUT2D eigenvalue weighted by Crippen LogP contribution is -2.59. The van der Waals surface area contributed by atoms with Gasteiger partial charge >= 0.3 is 0 Å². The predicted molar refractivity (Wildman–Crippen MR) is 111 cm³/mol. The Morgan fingerprint density at radius 2 is 1.64 bits per heavy atom. The maximum atomic E-state index is 5.64. The van der Waals surface area contributed by atoms with Crippen LogP contribution in [0.4, 0.5) is 0 Å². The molecule has 2 aromatic carbocycles. The minimum absolute atomic E-state index is 0.564. The second kappa shape index (κ2) is 7.41. The van der Waals surface area contributed by atoms with Gasteiger partial charge in [0.1, 0.15) is 11.5 Å². The van der Waals surface area contributed by atoms with Crippen molar-refractivity contribution in [3.05, 3.63) is 59.7 Å². The van der Waals surface area contributed by atoms with Gasteiger partial charge < -0.3 is 9.47 Å². The maximum absolute atomic E-state index is 5.64. The summed E-state index contributed by atoms with van der Waals surface area (Å²) in [5, 5.41) is 0. The van der Waals surface area contributed by atoms with Gasteiger partial charge in [-0.05, 0) is 55.6 Å². The molecule has 4 heteroatoms. The molecular formula is C24H30N2O2. The van der Waals surface area contributed by atoms with Crippen molar-refractivity contribution in [1.82, 2.24) is 9.80 Å². The van der Waals surface area contributed by atoms with Crippen molar-refractivity contribution >= 4 is 0 Å². The van der Waals surface area contributed by atoms with Crippen LogP contribution in [0.1, 0.15) is 29.9 Å². The molecule has 0 amide bonds. The van der Waals surface area contributed by atoms with E-state index in [-0.39, 0.29) is 0 Å². The highest BCUT2D eigenvalue weighted by atomic mass is 16.5. The van der Waals surface area contributed by atoms with E-state index in [4.69, 9.17) is 9.47 Å². The number of fused-ring (bicyclic) bond motifs is 2. The molecule has 6 rings (SSSR count). The number of rotatable bonds is 5. The summed E-state index contributed by atoms with van der Waals surface area (Å²) in [5.41, 5.74) is 2.75. The summed E-state index contributed by atoms with van der Waals surface area (Å²) in [5.74, 6) is 3.34. The lowest BCUT2D eigenvalue weighted by Gasteiger charge is -2.51. The van der Waals surface area contributed by atoms with E-state index in [1.807, 2.05) is 0 Å². The Balaban J connectivity index is 1.46. The molecule has 2 aromatic rings. The number of nitrogens with zero attached hydrogens (tertiary/aromatic N) is 2. The molecule has 0 N–H and O–H groups in total. The standard InChI is InChI=1S/C24H30N2O2/c1-27-20-9-7-17(8-10-20)21-16-26(15-19-5-3-4-6-22(19)28-2)23-18-11-13-25(14-12-18)24(21)23/h3-10,18,21,23-24H,11-16H2,1-2H3/t21-,23+,24+/m1/s1. The molecule has 0 radical (unpaired) electrons. The van der Waals surface area contributed by atoms with Crippen LogP contribution in [0.15, 0.2) is 48.5 Å². The Labute approximate surface area is 168 Å². The monoisotopic (exact) mass is 378 g/mol. The zero-order valence-corrected chi connectivity index (χ0v) is 16.9. The fraction of sp³-hybridized carbons (Fsp3) is 0.500. The minimum Gasteiger partial charge on any atom is -0.497 e. The van der Waals surface area contributed by atoms with Crippen LogP contribution in [-0.4, -0.2) is 55.7 Å². The van der Waals surface area contributed by atoms with Crippen LogP contribution < -0.4 is 9.47 Å². The van der Waals surface area contributed by atoms with E-state index in [0.29, 0.717) is 18.0 Å². The zero-order chi connectivity index (χ0) is 19.1. The number of para-hydroxylation sites is 1. The lowest BCUT2D eigenvalue weighted by atomic mass is 9.75. The van der Waals surface area contributed by atoms with Gasteiger partial charge in [0.25, 0.3) is 0 Å². The van der Waals surface area contributed by atoms with E-state index in [2.05, 4.69) is 58.3 Å². The van der Waals surface area contributed by atoms with Crippen LogP contribution in [0.5, 0.6) is 11.5 Å². The Morgan fingerprint density at radius 3 is 2.36 bits per heavy atom. The fourth-order valence-corrected chi connectivity index (χ4v) is 5.92. The summed E-state index contributed by atoms with van der Waals surface area (Å²) in [6.07, 6.45) is 2.69. The highest BCUT2D eigenvalue weighted by molar-refractivity contribution is 5.35. The molecule has 4 nitrogen and oxygen atoms in total. The molecule has 4 aliphatic rings. The van der Waals surface area contributed by atoms with Gasteiger partial charge in [0.05, 0.1) is 14.2 Å². The van der Waals surface area contributed by atoms with Crippen molar-refractivity contribution in [3.8, 4) is 11.5 Å². The second-order valence-corrected chi connectivity index (χ2v) is 8.48. The lowest BCUT2D eigenvalue weighted by molar-refractivity contribution is -0.00883. The number of hydrogen-bond donors (Lipinski definition) is 0. The third-order valence-electron chi connectivity index (χ3n) is 7.20. The summed E-state index contributed by atoms with van der Waals surface area (Å²) in [7, 11) is 3.52. The third kappa shape index (κ3) is 2.99. The van der Waals surface area contributed by atoms with Crippen molar-refractivity contribution < 1.29 is 9.47 Å². The van der Waals surface area contributed by atoms with Gasteiger partial charge in [-0.25, -0.2) is 0 Å². The van der Waals surface area contributed by atoms with Crippen molar-refractivity contribution in [3.63, 3.8) is 0 Å². The molecule has 3 atom stereocenters. The summed E-state index contributed by atoms with van der Waals surface area (Å²) < 4.78 is 11.0. The normalized spacial score (nSPS) is 31.6. The van der Waals surface area contributed by atoms with E-state index >= 15 is 0 Å². The van der Waals surface area contributed by atoms with Crippen molar-refractivity contribution in [2.45, 2.75) is 37.4 Å². The Bertz CT molecular complexity index is 814. The smallest absolute Gasteiger partial charge is 0.123 e. The van der Waals surface area contributed by atoms with Crippen LogP contribution >= 0.6 is 0 Å². The highest BCUT2D eigenvalue weighted by Crippen LogP contribution is 2.47. The third-order valence-corrected chi connectivity index (χ3v) is 7.20. The predicted octanol–water partition coefficient (Wildman–Crippen LogP) is 3.77. The number of likely N-dealkylation sites (tertiary alicyclic amines) is 1. The molecule has 2 bridgehead atoms. The van der Waals surface area contributed by atoms with Gasteiger partial charge in [-0.15, -0.1) is 0 Å². The molecule has 0 aliphatic carbocycles. The topological polar surface area (TPSA) is 24.9 Å². The highest BCUT2D eigenvalue weighted by Gasteiger charge is 2.53. The molecule has 4 fully saturated rings. The number of hydrogen-bond acceptors (Lipinski definition) is 4. The first kappa shape index (κ1) is 18.0. The van der Waals surface area contributed by atoms with E-state index in [0.717, 1.165) is 30.5 Å². The quantitative estimate of drug-likeness (QED) is 0.791. The Hall–Kier alpha value is -2.04. The van der Waals surface area contributed by atoms with Crippen LogP contribution in [0.25, 0.3) is 0 Å². The first-order valence-electron chi connectivity index (χ1n) is 10.5. The second-order valence-electron chi connectivity index (χ2n) is 8.48. The number of ether oxygens (including phenoxy) is 2. The zero-order valence-electron chi connectivity index (χ0n) is 16.9. The molecule has 0 unspecified atom stereocenters. The van der Waals surface area contributed by atoms with Crippen LogP contribution in [0, 0.1) is 5.92 Å². The Morgan fingerprint density at radius 1 is 0.893 bits per heavy atom. The Kier molecular flexibility index (Phi) is 4.77. The van der Waals surface area contributed by atoms with Gasteiger partial charge in [0.2, 0.25) is 0 Å². The van der Waals surface area contributed by atoms with Crippen molar-refractivity contribution in [2.24, 2.45) is 5.92 Å². The van der Waals surface area contributed by atoms with Crippen molar-refractivity contribution in [1.29, 1.82) is 0 Å². The molecule has 4 saturated heterocycles. The SMILES string of the molecule is COc1ccc([C@H]2CN(Cc3ccccc3OC)[C@H]3C4CCN(CC4)[C@@H]23)cc1. The molecule has 0 spiro atoms. The van der Waals surface area contributed by atoms with Crippen LogP contribution in [0.3, 0.4) is 0 Å². The molecule has 0 saturated carbocycles. The van der Waals surface area contributed by atoms with E-state index in [9.17, 15) is 0 Å². The molecule has 148 valence electrons. The molecule has 0 aromatic heterocycles. The summed E-state index contributed by atoms with van der Waals surface area (Å²) >= 11 is 0. The molecule has 4 heterocycles. The van der Waals surface area contributed by atoms with Gasteiger partial charge in [0, 0.05) is 36.7 Å². The van der Waals surface area contributed by atoms with Gasteiger partial charge in [-0.3, -0.25) is 9.80 Å². The number of piperidine rings is 3. The van der Waals surface area contributed by atoms with Crippen molar-refractivity contribution in [2.75, 3.05) is 33.9 Å². The first-order chi connectivity index (χ1) is 13.8.